The normalized spacial score (nSPS) is 28.9. The molecule has 0 spiro atoms. The highest BCUT2D eigenvalue weighted by Crippen LogP contribution is 2.22. The van der Waals surface area contributed by atoms with E-state index < -0.39 is 9.84 Å². The first-order valence-corrected chi connectivity index (χ1v) is 6.85. The molecule has 1 aliphatic heterocycles. The van der Waals surface area contributed by atoms with Gasteiger partial charge in [-0.2, -0.15) is 0 Å². The molecule has 2 N–H and O–H groups in total. The molecule has 0 saturated carbocycles. The molecule has 88 valence electrons. The first kappa shape index (κ1) is 12.4. The number of nitrogens with one attached hydrogen (secondary N) is 2. The van der Waals surface area contributed by atoms with Crippen molar-refractivity contribution in [2.45, 2.75) is 25.3 Å². The SMILES string of the molecule is CNC(=O)CCNC1(C)CCS(=O)(=O)C1. The molecule has 1 unspecified atom stereocenters. The van der Waals surface area contributed by atoms with Gasteiger partial charge in [0.1, 0.15) is 0 Å². The van der Waals surface area contributed by atoms with Crippen LogP contribution in [0.15, 0.2) is 0 Å². The maximum absolute atomic E-state index is 11.3. The van der Waals surface area contributed by atoms with Gasteiger partial charge in [0.25, 0.3) is 0 Å². The van der Waals surface area contributed by atoms with E-state index in [2.05, 4.69) is 10.6 Å². The van der Waals surface area contributed by atoms with Crippen LogP contribution >= 0.6 is 0 Å². The van der Waals surface area contributed by atoms with E-state index in [0.29, 0.717) is 19.4 Å². The fraction of sp³-hybridized carbons (Fsp3) is 0.889. The summed E-state index contributed by atoms with van der Waals surface area (Å²) in [5.74, 6) is 0.386. The van der Waals surface area contributed by atoms with Gasteiger partial charge < -0.3 is 10.6 Å². The quantitative estimate of drug-likeness (QED) is 0.674. The Morgan fingerprint density at radius 1 is 1.47 bits per heavy atom. The Morgan fingerprint density at radius 2 is 2.13 bits per heavy atom. The zero-order chi connectivity index (χ0) is 11.5. The highest BCUT2D eigenvalue weighted by Gasteiger charge is 2.37. The zero-order valence-corrected chi connectivity index (χ0v) is 9.99. The van der Waals surface area contributed by atoms with Gasteiger partial charge in [0.05, 0.1) is 11.5 Å². The minimum atomic E-state index is -2.87. The number of carbonyl (C=O) groups excluding carboxylic acids is 1. The van der Waals surface area contributed by atoms with E-state index in [-0.39, 0.29) is 23.0 Å². The third-order valence-electron chi connectivity index (χ3n) is 2.69. The van der Waals surface area contributed by atoms with Gasteiger partial charge in [-0.25, -0.2) is 8.42 Å². The Bertz CT molecular complexity index is 339. The molecule has 0 aromatic carbocycles. The minimum Gasteiger partial charge on any atom is -0.359 e. The summed E-state index contributed by atoms with van der Waals surface area (Å²) in [6.07, 6.45) is 1.01. The molecule has 1 atom stereocenters. The monoisotopic (exact) mass is 234 g/mol. The number of hydrogen-bond acceptors (Lipinski definition) is 4. The number of sulfone groups is 1. The summed E-state index contributed by atoms with van der Waals surface area (Å²) in [6.45, 7) is 2.41. The van der Waals surface area contributed by atoms with E-state index in [1.165, 1.54) is 0 Å². The lowest BCUT2D eigenvalue weighted by Crippen LogP contribution is -2.44. The minimum absolute atomic E-state index is 0.0352. The second-order valence-electron chi connectivity index (χ2n) is 4.25. The van der Waals surface area contributed by atoms with Crippen LogP contribution < -0.4 is 10.6 Å². The molecule has 0 bridgehead atoms. The molecular weight excluding hydrogens is 216 g/mol. The van der Waals surface area contributed by atoms with Crippen LogP contribution in [0.3, 0.4) is 0 Å². The Hall–Kier alpha value is -0.620. The lowest BCUT2D eigenvalue weighted by Gasteiger charge is -2.23. The van der Waals surface area contributed by atoms with Crippen molar-refractivity contribution in [2.24, 2.45) is 0 Å². The Balaban J connectivity index is 2.36. The molecule has 1 aliphatic rings. The zero-order valence-electron chi connectivity index (χ0n) is 9.17. The molecule has 15 heavy (non-hydrogen) atoms. The van der Waals surface area contributed by atoms with Gasteiger partial charge in [-0.3, -0.25) is 4.79 Å². The van der Waals surface area contributed by atoms with Crippen LogP contribution in [0.4, 0.5) is 0 Å². The molecular formula is C9H18N2O3S. The summed E-state index contributed by atoms with van der Waals surface area (Å²) >= 11 is 0. The Labute approximate surface area is 90.5 Å². The topological polar surface area (TPSA) is 75.3 Å². The first-order chi connectivity index (χ1) is 6.87. The van der Waals surface area contributed by atoms with E-state index in [0.717, 1.165) is 0 Å². The van der Waals surface area contributed by atoms with Crippen LogP contribution in [0.1, 0.15) is 19.8 Å². The second kappa shape index (κ2) is 4.49. The van der Waals surface area contributed by atoms with Crippen LogP contribution in [0, 0.1) is 0 Å². The van der Waals surface area contributed by atoms with Gasteiger partial charge in [-0.1, -0.05) is 0 Å². The van der Waals surface area contributed by atoms with Crippen molar-refractivity contribution in [3.05, 3.63) is 0 Å². The van der Waals surface area contributed by atoms with Gasteiger partial charge in [0, 0.05) is 25.6 Å². The molecule has 0 aliphatic carbocycles. The van der Waals surface area contributed by atoms with E-state index in [1.54, 1.807) is 7.05 Å². The van der Waals surface area contributed by atoms with Crippen molar-refractivity contribution in [3.63, 3.8) is 0 Å². The number of hydrogen-bond donors (Lipinski definition) is 2. The average molecular weight is 234 g/mol. The fourth-order valence-corrected chi connectivity index (χ4v) is 3.88. The van der Waals surface area contributed by atoms with E-state index in [1.807, 2.05) is 6.92 Å². The van der Waals surface area contributed by atoms with Crippen molar-refractivity contribution in [3.8, 4) is 0 Å². The predicted molar refractivity (Wildman–Crippen MR) is 58.4 cm³/mol. The summed E-state index contributed by atoms with van der Waals surface area (Å²) in [5.41, 5.74) is -0.354. The second-order valence-corrected chi connectivity index (χ2v) is 6.44. The fourth-order valence-electron chi connectivity index (χ4n) is 1.75. The van der Waals surface area contributed by atoms with Gasteiger partial charge >= 0.3 is 0 Å². The maximum Gasteiger partial charge on any atom is 0.221 e. The van der Waals surface area contributed by atoms with Crippen molar-refractivity contribution < 1.29 is 13.2 Å². The van der Waals surface area contributed by atoms with E-state index in [9.17, 15) is 13.2 Å². The molecule has 1 fully saturated rings. The molecule has 6 heteroatoms. The first-order valence-electron chi connectivity index (χ1n) is 5.03. The average Bonchev–Trinajstić information content (AvgIpc) is 2.41. The summed E-state index contributed by atoms with van der Waals surface area (Å²) in [4.78, 5) is 10.9. The van der Waals surface area contributed by atoms with Crippen molar-refractivity contribution in [2.75, 3.05) is 25.1 Å². The molecule has 0 aromatic rings. The molecule has 0 radical (unpaired) electrons. The van der Waals surface area contributed by atoms with Crippen LogP contribution in [0.2, 0.25) is 0 Å². The number of amides is 1. The molecule has 5 nitrogen and oxygen atoms in total. The molecule has 1 saturated heterocycles. The van der Waals surface area contributed by atoms with Crippen LogP contribution in [-0.2, 0) is 14.6 Å². The van der Waals surface area contributed by atoms with Crippen molar-refractivity contribution >= 4 is 15.7 Å². The summed E-state index contributed by atoms with van der Waals surface area (Å²) < 4.78 is 22.6. The Morgan fingerprint density at radius 3 is 2.60 bits per heavy atom. The summed E-state index contributed by atoms with van der Waals surface area (Å²) in [6, 6.07) is 0. The lowest BCUT2D eigenvalue weighted by atomic mass is 10.0. The van der Waals surface area contributed by atoms with E-state index >= 15 is 0 Å². The van der Waals surface area contributed by atoms with Crippen molar-refractivity contribution in [1.29, 1.82) is 0 Å². The highest BCUT2D eigenvalue weighted by atomic mass is 32.2. The number of rotatable bonds is 4. The standard InChI is InChI=1S/C9H18N2O3S/c1-9(4-6-15(13,14)7-9)11-5-3-8(12)10-2/h11H,3-7H2,1-2H3,(H,10,12). The third kappa shape index (κ3) is 3.79. The largest absolute Gasteiger partial charge is 0.359 e. The number of carbonyl (C=O) groups is 1. The van der Waals surface area contributed by atoms with Crippen LogP contribution in [0.5, 0.6) is 0 Å². The molecule has 1 amide bonds. The van der Waals surface area contributed by atoms with Crippen molar-refractivity contribution in [1.82, 2.24) is 10.6 Å². The molecule has 1 rings (SSSR count). The summed E-state index contributed by atoms with van der Waals surface area (Å²) in [7, 11) is -1.29. The molecule has 1 heterocycles. The lowest BCUT2D eigenvalue weighted by molar-refractivity contribution is -0.120. The van der Waals surface area contributed by atoms with Gasteiger partial charge in [-0.15, -0.1) is 0 Å². The highest BCUT2D eigenvalue weighted by molar-refractivity contribution is 7.91. The van der Waals surface area contributed by atoms with Crippen LogP contribution in [0.25, 0.3) is 0 Å². The van der Waals surface area contributed by atoms with Gasteiger partial charge in [0.15, 0.2) is 9.84 Å². The van der Waals surface area contributed by atoms with Gasteiger partial charge in [0.2, 0.25) is 5.91 Å². The van der Waals surface area contributed by atoms with Gasteiger partial charge in [-0.05, 0) is 13.3 Å². The Kier molecular flexibility index (Phi) is 3.72. The predicted octanol–water partition coefficient (Wildman–Crippen LogP) is -0.711. The smallest absolute Gasteiger partial charge is 0.221 e. The summed E-state index contributed by atoms with van der Waals surface area (Å²) in [5, 5.41) is 5.66. The maximum atomic E-state index is 11.3. The third-order valence-corrected chi connectivity index (χ3v) is 4.59. The van der Waals surface area contributed by atoms with E-state index in [4.69, 9.17) is 0 Å². The van der Waals surface area contributed by atoms with Crippen LogP contribution in [-0.4, -0.2) is 45.0 Å². The molecule has 0 aromatic heterocycles.